The molecule has 0 aliphatic rings. The second-order valence-electron chi connectivity index (χ2n) is 4.93. The summed E-state index contributed by atoms with van der Waals surface area (Å²) in [5.41, 5.74) is 5.24. The third-order valence-electron chi connectivity index (χ3n) is 3.34. The highest BCUT2D eigenvalue weighted by Crippen LogP contribution is 2.31. The summed E-state index contributed by atoms with van der Waals surface area (Å²) in [6.45, 7) is 3.75. The first-order valence-electron chi connectivity index (χ1n) is 6.93. The summed E-state index contributed by atoms with van der Waals surface area (Å²) in [5, 5.41) is 0. The third kappa shape index (κ3) is 3.82. The van der Waals surface area contributed by atoms with Gasteiger partial charge in [-0.2, -0.15) is 13.2 Å². The molecule has 5 nitrogen and oxygen atoms in total. The van der Waals surface area contributed by atoms with Crippen molar-refractivity contribution in [3.63, 3.8) is 0 Å². The minimum absolute atomic E-state index is 0.231. The van der Waals surface area contributed by atoms with Gasteiger partial charge in [-0.3, -0.25) is 0 Å². The van der Waals surface area contributed by atoms with E-state index in [1.807, 2.05) is 0 Å². The molecule has 1 atom stereocenters. The van der Waals surface area contributed by atoms with Crippen LogP contribution in [0.2, 0.25) is 0 Å². The number of aryl methyl sites for hydroxylation is 1. The van der Waals surface area contributed by atoms with Gasteiger partial charge in [0.1, 0.15) is 11.9 Å². The predicted molar refractivity (Wildman–Crippen MR) is 77.4 cm³/mol. The number of halogens is 3. The number of rotatable bonds is 4. The topological polar surface area (TPSA) is 70.1 Å². The molecule has 0 aliphatic carbocycles. The van der Waals surface area contributed by atoms with Crippen LogP contribution < -0.4 is 5.73 Å². The number of aromatic nitrogens is 2. The fourth-order valence-corrected chi connectivity index (χ4v) is 2.17. The van der Waals surface area contributed by atoms with E-state index in [-0.39, 0.29) is 5.82 Å². The van der Waals surface area contributed by atoms with E-state index in [0.717, 1.165) is 6.20 Å². The summed E-state index contributed by atoms with van der Waals surface area (Å²) in [6, 6.07) is 6.57. The van der Waals surface area contributed by atoms with Gasteiger partial charge in [0.25, 0.3) is 0 Å². The molecule has 0 fully saturated rings. The Balaban J connectivity index is 2.32. The van der Waals surface area contributed by atoms with Gasteiger partial charge in [0.15, 0.2) is 5.69 Å². The summed E-state index contributed by atoms with van der Waals surface area (Å²) < 4.78 is 44.6. The number of benzene rings is 1. The summed E-state index contributed by atoms with van der Waals surface area (Å²) in [7, 11) is 0. The second-order valence-corrected chi connectivity index (χ2v) is 4.93. The van der Waals surface area contributed by atoms with Gasteiger partial charge < -0.3 is 15.0 Å². The Bertz CT molecular complexity index is 693. The standard InChI is InChI=1S/C15H16F3N3O2/c1-3-21-8-12(15(16,17)18)20-13(21)11-6-4-10(5-7-11)9(2)23-14(19)22/h4-9H,3H2,1-2H3,(H2,19,22)/t9-/m1/s1. The number of imidazole rings is 1. The lowest BCUT2D eigenvalue weighted by atomic mass is 10.1. The first-order valence-corrected chi connectivity index (χ1v) is 6.93. The average molecular weight is 327 g/mol. The van der Waals surface area contributed by atoms with Crippen LogP contribution >= 0.6 is 0 Å². The quantitative estimate of drug-likeness (QED) is 0.930. The molecule has 1 aromatic heterocycles. The number of primary amides is 1. The molecular formula is C15H16F3N3O2. The fraction of sp³-hybridized carbons (Fsp3) is 0.333. The number of nitrogens with zero attached hydrogens (tertiary/aromatic N) is 2. The van der Waals surface area contributed by atoms with Gasteiger partial charge in [-0.05, 0) is 19.4 Å². The largest absolute Gasteiger partial charge is 0.442 e. The molecule has 8 heteroatoms. The number of hydrogen-bond donors (Lipinski definition) is 1. The van der Waals surface area contributed by atoms with Gasteiger partial charge in [0, 0.05) is 18.3 Å². The van der Waals surface area contributed by atoms with Crippen molar-refractivity contribution in [3.05, 3.63) is 41.7 Å². The highest BCUT2D eigenvalue weighted by Gasteiger charge is 2.34. The van der Waals surface area contributed by atoms with Crippen LogP contribution in [0.15, 0.2) is 30.5 Å². The van der Waals surface area contributed by atoms with E-state index in [2.05, 4.69) is 4.98 Å². The summed E-state index contributed by atoms with van der Waals surface area (Å²) in [6.07, 6.45) is -4.93. The van der Waals surface area contributed by atoms with Crippen LogP contribution in [0.25, 0.3) is 11.4 Å². The van der Waals surface area contributed by atoms with Crippen LogP contribution in [-0.4, -0.2) is 15.6 Å². The molecule has 124 valence electrons. The molecule has 0 saturated heterocycles. The molecule has 2 rings (SSSR count). The number of carbonyl (C=O) groups excluding carboxylic acids is 1. The molecule has 2 N–H and O–H groups in total. The van der Waals surface area contributed by atoms with Gasteiger partial charge in [0.05, 0.1) is 0 Å². The van der Waals surface area contributed by atoms with Crippen molar-refractivity contribution in [2.45, 2.75) is 32.7 Å². The molecule has 0 radical (unpaired) electrons. The van der Waals surface area contributed by atoms with Crippen LogP contribution in [0.3, 0.4) is 0 Å². The number of alkyl halides is 3. The Morgan fingerprint density at radius 1 is 1.35 bits per heavy atom. The van der Waals surface area contributed by atoms with Crippen molar-refractivity contribution in [1.29, 1.82) is 0 Å². The highest BCUT2D eigenvalue weighted by atomic mass is 19.4. The number of hydrogen-bond acceptors (Lipinski definition) is 3. The van der Waals surface area contributed by atoms with E-state index in [0.29, 0.717) is 17.7 Å². The minimum atomic E-state index is -4.49. The third-order valence-corrected chi connectivity index (χ3v) is 3.34. The zero-order chi connectivity index (χ0) is 17.2. The average Bonchev–Trinajstić information content (AvgIpc) is 2.91. The smallest absolute Gasteiger partial charge is 0.434 e. The maximum atomic E-state index is 12.8. The van der Waals surface area contributed by atoms with E-state index >= 15 is 0 Å². The molecule has 1 aromatic carbocycles. The van der Waals surface area contributed by atoms with E-state index in [4.69, 9.17) is 10.5 Å². The summed E-state index contributed by atoms with van der Waals surface area (Å²) in [4.78, 5) is 14.4. The van der Waals surface area contributed by atoms with Crippen molar-refractivity contribution in [3.8, 4) is 11.4 Å². The Hall–Kier alpha value is -2.51. The molecule has 0 unspecified atom stereocenters. The van der Waals surface area contributed by atoms with Gasteiger partial charge >= 0.3 is 12.3 Å². The molecule has 0 bridgehead atoms. The zero-order valence-corrected chi connectivity index (χ0v) is 12.6. The Labute approximate surface area is 130 Å². The normalized spacial score (nSPS) is 12.9. The van der Waals surface area contributed by atoms with E-state index < -0.39 is 24.1 Å². The maximum Gasteiger partial charge on any atom is 0.434 e. The predicted octanol–water partition coefficient (Wildman–Crippen LogP) is 3.75. The number of amides is 1. The van der Waals surface area contributed by atoms with Crippen molar-refractivity contribution in [2.24, 2.45) is 5.73 Å². The van der Waals surface area contributed by atoms with Crippen LogP contribution in [0.4, 0.5) is 18.0 Å². The lowest BCUT2D eigenvalue weighted by Gasteiger charge is -2.12. The monoisotopic (exact) mass is 327 g/mol. The zero-order valence-electron chi connectivity index (χ0n) is 12.6. The minimum Gasteiger partial charge on any atom is -0.442 e. The lowest BCUT2D eigenvalue weighted by molar-refractivity contribution is -0.140. The second kappa shape index (κ2) is 6.31. The molecule has 23 heavy (non-hydrogen) atoms. The first-order chi connectivity index (χ1) is 10.7. The van der Waals surface area contributed by atoms with E-state index in [9.17, 15) is 18.0 Å². The highest BCUT2D eigenvalue weighted by molar-refractivity contribution is 5.65. The van der Waals surface area contributed by atoms with Crippen molar-refractivity contribution < 1.29 is 22.7 Å². The Morgan fingerprint density at radius 2 is 1.96 bits per heavy atom. The molecule has 2 aromatic rings. The van der Waals surface area contributed by atoms with Gasteiger partial charge in [-0.25, -0.2) is 9.78 Å². The van der Waals surface area contributed by atoms with Crippen molar-refractivity contribution >= 4 is 6.09 Å². The number of carbonyl (C=O) groups is 1. The molecule has 0 aliphatic heterocycles. The fourth-order valence-electron chi connectivity index (χ4n) is 2.17. The van der Waals surface area contributed by atoms with Crippen LogP contribution in [0.1, 0.15) is 31.2 Å². The van der Waals surface area contributed by atoms with Crippen molar-refractivity contribution in [2.75, 3.05) is 0 Å². The Kier molecular flexibility index (Phi) is 4.63. The maximum absolute atomic E-state index is 12.8. The first kappa shape index (κ1) is 16.9. The van der Waals surface area contributed by atoms with Crippen molar-refractivity contribution in [1.82, 2.24) is 9.55 Å². The lowest BCUT2D eigenvalue weighted by Crippen LogP contribution is -2.15. The molecular weight excluding hydrogens is 311 g/mol. The van der Waals surface area contributed by atoms with Gasteiger partial charge in [0.2, 0.25) is 0 Å². The summed E-state index contributed by atoms with van der Waals surface area (Å²) >= 11 is 0. The number of ether oxygens (including phenoxy) is 1. The molecule has 0 saturated carbocycles. The van der Waals surface area contributed by atoms with Crippen LogP contribution in [-0.2, 0) is 17.5 Å². The van der Waals surface area contributed by atoms with Gasteiger partial charge in [-0.15, -0.1) is 0 Å². The molecule has 0 spiro atoms. The Morgan fingerprint density at radius 3 is 2.43 bits per heavy atom. The van der Waals surface area contributed by atoms with E-state index in [1.54, 1.807) is 38.1 Å². The summed E-state index contributed by atoms with van der Waals surface area (Å²) in [5.74, 6) is 0.231. The van der Waals surface area contributed by atoms with E-state index in [1.165, 1.54) is 4.57 Å². The van der Waals surface area contributed by atoms with Gasteiger partial charge in [-0.1, -0.05) is 24.3 Å². The molecule has 1 amide bonds. The number of nitrogens with two attached hydrogens (primary N) is 1. The SMILES string of the molecule is CCn1cc(C(F)(F)F)nc1-c1ccc([C@@H](C)OC(N)=O)cc1. The van der Waals surface area contributed by atoms with Crippen LogP contribution in [0, 0.1) is 0 Å². The molecule has 1 heterocycles. The van der Waals surface area contributed by atoms with Crippen LogP contribution in [0.5, 0.6) is 0 Å².